The fourth-order valence-electron chi connectivity index (χ4n) is 1.41. The molecule has 0 saturated carbocycles. The van der Waals surface area contributed by atoms with Crippen molar-refractivity contribution in [1.29, 1.82) is 0 Å². The summed E-state index contributed by atoms with van der Waals surface area (Å²) in [5.41, 5.74) is 0. The third kappa shape index (κ3) is 2.51. The summed E-state index contributed by atoms with van der Waals surface area (Å²) in [5.74, 6) is 0.934. The fourth-order valence-corrected chi connectivity index (χ4v) is 2.66. The number of aliphatic hydroxyl groups excluding tert-OH is 1. The molecule has 17 heavy (non-hydrogen) atoms. The van der Waals surface area contributed by atoms with Crippen LogP contribution in [0.2, 0.25) is 0 Å². The molecule has 1 aromatic rings. The summed E-state index contributed by atoms with van der Waals surface area (Å²) < 4.78 is 36.3. The number of fused-ring (bicyclic) bond motifs is 1. The van der Waals surface area contributed by atoms with Gasteiger partial charge in [0.15, 0.2) is 11.5 Å². The molecular formula is C10H13NO5S. The zero-order valence-corrected chi connectivity index (χ0v) is 10.0. The van der Waals surface area contributed by atoms with Crippen molar-refractivity contribution < 1.29 is 23.0 Å². The van der Waals surface area contributed by atoms with Crippen molar-refractivity contribution >= 4 is 10.0 Å². The highest BCUT2D eigenvalue weighted by Crippen LogP contribution is 2.33. The largest absolute Gasteiger partial charge is 0.454 e. The highest BCUT2D eigenvalue weighted by molar-refractivity contribution is 7.89. The van der Waals surface area contributed by atoms with Gasteiger partial charge in [0.2, 0.25) is 16.8 Å². The van der Waals surface area contributed by atoms with Gasteiger partial charge < -0.3 is 14.6 Å². The normalized spacial score (nSPS) is 15.9. The van der Waals surface area contributed by atoms with Crippen molar-refractivity contribution in [3.8, 4) is 11.5 Å². The predicted octanol–water partition coefficient (Wildman–Crippen LogP) is 0.0744. The van der Waals surface area contributed by atoms with E-state index in [2.05, 4.69) is 4.72 Å². The number of sulfonamides is 1. The Morgan fingerprint density at radius 3 is 2.82 bits per heavy atom. The monoisotopic (exact) mass is 259 g/mol. The van der Waals surface area contributed by atoms with Crippen LogP contribution in [0.5, 0.6) is 11.5 Å². The molecule has 2 N–H and O–H groups in total. The van der Waals surface area contributed by atoms with E-state index >= 15 is 0 Å². The molecule has 0 spiro atoms. The minimum Gasteiger partial charge on any atom is -0.454 e. The molecule has 94 valence electrons. The molecule has 0 aliphatic carbocycles. The van der Waals surface area contributed by atoms with Crippen molar-refractivity contribution in [2.45, 2.75) is 17.9 Å². The molecule has 1 aliphatic rings. The van der Waals surface area contributed by atoms with E-state index in [1.807, 2.05) is 0 Å². The first-order valence-corrected chi connectivity index (χ1v) is 6.54. The average molecular weight is 259 g/mol. The fraction of sp³-hybridized carbons (Fsp3) is 0.400. The molecule has 0 saturated heterocycles. The molecule has 0 amide bonds. The third-order valence-corrected chi connectivity index (χ3v) is 3.87. The van der Waals surface area contributed by atoms with Crippen LogP contribution in [0.15, 0.2) is 23.1 Å². The Morgan fingerprint density at radius 1 is 1.41 bits per heavy atom. The second-order valence-electron chi connectivity index (χ2n) is 3.72. The van der Waals surface area contributed by atoms with Gasteiger partial charge in [0.1, 0.15) is 0 Å². The van der Waals surface area contributed by atoms with Gasteiger partial charge in [-0.1, -0.05) is 0 Å². The summed E-state index contributed by atoms with van der Waals surface area (Å²) in [4.78, 5) is 0.0852. The van der Waals surface area contributed by atoms with Gasteiger partial charge in [-0.3, -0.25) is 0 Å². The summed E-state index contributed by atoms with van der Waals surface area (Å²) in [7, 11) is -3.64. The quantitative estimate of drug-likeness (QED) is 0.799. The number of nitrogens with one attached hydrogen (secondary N) is 1. The molecule has 7 heteroatoms. The summed E-state index contributed by atoms with van der Waals surface area (Å²) in [5, 5.41) is 8.83. The van der Waals surface area contributed by atoms with Crippen LogP contribution in [0.4, 0.5) is 0 Å². The number of ether oxygens (including phenoxy) is 2. The van der Waals surface area contributed by atoms with E-state index < -0.39 is 16.1 Å². The molecule has 0 bridgehead atoms. The van der Waals surface area contributed by atoms with Gasteiger partial charge in [0.05, 0.1) is 11.5 Å². The van der Waals surface area contributed by atoms with E-state index in [0.717, 1.165) is 0 Å². The molecule has 0 radical (unpaired) electrons. The van der Waals surface area contributed by atoms with Crippen molar-refractivity contribution in [1.82, 2.24) is 4.72 Å². The zero-order chi connectivity index (χ0) is 12.5. The smallest absolute Gasteiger partial charge is 0.241 e. The standard InChI is InChI=1S/C10H13NO5S/c1-7(5-12)11-17(13,14)8-2-3-9-10(4-8)16-6-15-9/h2-4,7,11-12H,5-6H2,1H3/t7-/m0/s1. The minimum absolute atomic E-state index is 0.0852. The first-order chi connectivity index (χ1) is 8.03. The van der Waals surface area contributed by atoms with Gasteiger partial charge in [0.25, 0.3) is 0 Å². The minimum atomic E-state index is -3.64. The molecular weight excluding hydrogens is 246 g/mol. The second kappa shape index (κ2) is 4.52. The van der Waals surface area contributed by atoms with Gasteiger partial charge in [0, 0.05) is 12.1 Å². The zero-order valence-electron chi connectivity index (χ0n) is 9.21. The van der Waals surface area contributed by atoms with E-state index in [9.17, 15) is 8.42 Å². The molecule has 0 unspecified atom stereocenters. The highest BCUT2D eigenvalue weighted by atomic mass is 32.2. The van der Waals surface area contributed by atoms with Crippen LogP contribution < -0.4 is 14.2 Å². The predicted molar refractivity (Wildman–Crippen MR) is 59.4 cm³/mol. The summed E-state index contributed by atoms with van der Waals surface area (Å²) in [6.07, 6.45) is 0. The topological polar surface area (TPSA) is 84.9 Å². The van der Waals surface area contributed by atoms with E-state index in [1.54, 1.807) is 13.0 Å². The summed E-state index contributed by atoms with van der Waals surface area (Å²) in [6.45, 7) is 1.41. The Hall–Kier alpha value is -1.31. The van der Waals surface area contributed by atoms with Crippen LogP contribution in [0.3, 0.4) is 0 Å². The van der Waals surface area contributed by atoms with Gasteiger partial charge in [-0.05, 0) is 19.1 Å². The molecule has 1 aromatic carbocycles. The number of rotatable bonds is 4. The summed E-state index contributed by atoms with van der Waals surface area (Å²) >= 11 is 0. The number of hydrogen-bond acceptors (Lipinski definition) is 5. The van der Waals surface area contributed by atoms with Crippen molar-refractivity contribution in [3.63, 3.8) is 0 Å². The lowest BCUT2D eigenvalue weighted by molar-refractivity contribution is 0.174. The maximum atomic E-state index is 11.9. The lowest BCUT2D eigenvalue weighted by atomic mass is 10.3. The van der Waals surface area contributed by atoms with Crippen LogP contribution in [-0.4, -0.2) is 33.0 Å². The van der Waals surface area contributed by atoms with Crippen molar-refractivity contribution in [3.05, 3.63) is 18.2 Å². The SMILES string of the molecule is C[C@@H](CO)NS(=O)(=O)c1ccc2c(c1)OCO2. The first-order valence-electron chi connectivity index (χ1n) is 5.06. The number of benzene rings is 1. The van der Waals surface area contributed by atoms with Crippen LogP contribution in [0.1, 0.15) is 6.92 Å². The number of hydrogen-bond donors (Lipinski definition) is 2. The molecule has 1 aliphatic heterocycles. The van der Waals surface area contributed by atoms with Crippen LogP contribution in [-0.2, 0) is 10.0 Å². The maximum Gasteiger partial charge on any atom is 0.241 e. The van der Waals surface area contributed by atoms with Crippen LogP contribution in [0.25, 0.3) is 0 Å². The highest BCUT2D eigenvalue weighted by Gasteiger charge is 2.21. The Balaban J connectivity index is 2.28. The summed E-state index contributed by atoms with van der Waals surface area (Å²) in [6, 6.07) is 3.83. The Kier molecular flexibility index (Phi) is 3.23. The Bertz CT molecular complexity index is 513. The second-order valence-corrected chi connectivity index (χ2v) is 5.43. The Morgan fingerprint density at radius 2 is 2.12 bits per heavy atom. The first kappa shape index (κ1) is 12.2. The van der Waals surface area contributed by atoms with Crippen molar-refractivity contribution in [2.24, 2.45) is 0 Å². The van der Waals surface area contributed by atoms with E-state index in [4.69, 9.17) is 14.6 Å². The van der Waals surface area contributed by atoms with Gasteiger partial charge in [-0.15, -0.1) is 0 Å². The van der Waals surface area contributed by atoms with Gasteiger partial charge in [-0.25, -0.2) is 13.1 Å². The van der Waals surface area contributed by atoms with E-state index in [1.165, 1.54) is 12.1 Å². The molecule has 0 aromatic heterocycles. The molecule has 2 rings (SSSR count). The molecule has 0 fully saturated rings. The van der Waals surface area contributed by atoms with Crippen molar-refractivity contribution in [2.75, 3.05) is 13.4 Å². The lowest BCUT2D eigenvalue weighted by Crippen LogP contribution is -2.34. The van der Waals surface area contributed by atoms with E-state index in [0.29, 0.717) is 11.5 Å². The Labute approximate surface area is 99.2 Å². The van der Waals surface area contributed by atoms with Gasteiger partial charge >= 0.3 is 0 Å². The molecule has 1 atom stereocenters. The maximum absolute atomic E-state index is 11.9. The van der Waals surface area contributed by atoms with E-state index in [-0.39, 0.29) is 18.3 Å². The lowest BCUT2D eigenvalue weighted by Gasteiger charge is -2.11. The average Bonchev–Trinajstić information content (AvgIpc) is 2.75. The third-order valence-electron chi connectivity index (χ3n) is 2.28. The van der Waals surface area contributed by atoms with Gasteiger partial charge in [-0.2, -0.15) is 0 Å². The number of aliphatic hydroxyl groups is 1. The molecule has 1 heterocycles. The van der Waals surface area contributed by atoms with Crippen LogP contribution >= 0.6 is 0 Å². The van der Waals surface area contributed by atoms with Crippen LogP contribution in [0, 0.1) is 0 Å². The molecule has 6 nitrogen and oxygen atoms in total.